The highest BCUT2D eigenvalue weighted by atomic mass is 16.6. The summed E-state index contributed by atoms with van der Waals surface area (Å²) in [5.74, 6) is -0.731. The summed E-state index contributed by atoms with van der Waals surface area (Å²) in [5.41, 5.74) is 0.528. The van der Waals surface area contributed by atoms with Crippen LogP contribution in [-0.2, 0) is 25.5 Å². The number of carbonyl (C=O) groups is 3. The van der Waals surface area contributed by atoms with E-state index in [1.165, 1.54) is 13.2 Å². The van der Waals surface area contributed by atoms with Gasteiger partial charge in [-0.15, -0.1) is 0 Å². The molecule has 1 aromatic carbocycles. The number of allylic oxidation sites excluding steroid dienone is 1. The largest absolute Gasteiger partial charge is 0.466 e. The van der Waals surface area contributed by atoms with Crippen molar-refractivity contribution in [3.05, 3.63) is 48.0 Å². The van der Waals surface area contributed by atoms with Crippen LogP contribution in [0.4, 0.5) is 4.79 Å². The van der Waals surface area contributed by atoms with Crippen molar-refractivity contribution < 1.29 is 23.9 Å². The number of benzene rings is 1. The molecular weight excluding hydrogens is 358 g/mol. The van der Waals surface area contributed by atoms with Crippen molar-refractivity contribution in [1.82, 2.24) is 5.32 Å². The number of hydrogen-bond donors (Lipinski definition) is 1. The zero-order valence-electron chi connectivity index (χ0n) is 17.4. The van der Waals surface area contributed by atoms with E-state index in [-0.39, 0.29) is 18.1 Å². The molecule has 1 aromatic rings. The van der Waals surface area contributed by atoms with Crippen LogP contribution < -0.4 is 5.32 Å². The molecule has 2 atom stereocenters. The first-order valence-corrected chi connectivity index (χ1v) is 9.43. The number of nitrogens with one attached hydrogen (secondary N) is 1. The van der Waals surface area contributed by atoms with Crippen LogP contribution in [0.25, 0.3) is 0 Å². The van der Waals surface area contributed by atoms with Crippen molar-refractivity contribution in [1.29, 1.82) is 0 Å². The predicted molar refractivity (Wildman–Crippen MR) is 108 cm³/mol. The van der Waals surface area contributed by atoms with Crippen LogP contribution in [0.2, 0.25) is 0 Å². The van der Waals surface area contributed by atoms with Crippen LogP contribution in [0.3, 0.4) is 0 Å². The number of aryl methyl sites for hydroxylation is 1. The van der Waals surface area contributed by atoms with E-state index in [2.05, 4.69) is 10.1 Å². The number of hydrogen-bond acceptors (Lipinski definition) is 5. The van der Waals surface area contributed by atoms with Gasteiger partial charge < -0.3 is 14.8 Å². The Morgan fingerprint density at radius 1 is 1.14 bits per heavy atom. The molecule has 0 aliphatic carbocycles. The lowest BCUT2D eigenvalue weighted by atomic mass is 9.92. The molecule has 0 spiro atoms. The van der Waals surface area contributed by atoms with E-state index in [1.54, 1.807) is 33.8 Å². The van der Waals surface area contributed by atoms with E-state index in [1.807, 2.05) is 30.3 Å². The third-order valence-corrected chi connectivity index (χ3v) is 4.03. The molecule has 0 fully saturated rings. The molecule has 0 saturated carbocycles. The second kappa shape index (κ2) is 11.3. The Bertz CT molecular complexity index is 676. The number of rotatable bonds is 9. The van der Waals surface area contributed by atoms with E-state index in [4.69, 9.17) is 4.74 Å². The Morgan fingerprint density at radius 2 is 1.79 bits per heavy atom. The number of esters is 1. The van der Waals surface area contributed by atoms with Crippen LogP contribution in [-0.4, -0.2) is 36.6 Å². The van der Waals surface area contributed by atoms with E-state index in [0.717, 1.165) is 12.0 Å². The van der Waals surface area contributed by atoms with E-state index in [0.29, 0.717) is 6.42 Å². The number of alkyl carbamates (subject to hydrolysis) is 1. The number of Topliss-reactive ketones (excluding diaryl/α,β-unsaturated/α-hetero) is 1. The fourth-order valence-electron chi connectivity index (χ4n) is 2.55. The van der Waals surface area contributed by atoms with Gasteiger partial charge in [-0.25, -0.2) is 9.59 Å². The first kappa shape index (κ1) is 23.4. The summed E-state index contributed by atoms with van der Waals surface area (Å²) in [5, 5.41) is 2.56. The Hall–Kier alpha value is -2.63. The minimum atomic E-state index is -0.680. The SMILES string of the molecule is COC(=O)/C=C/[C@H](CCc1ccccc1)CC(=O)[C@H](C)NC(=O)OC(C)(C)C. The topological polar surface area (TPSA) is 81.7 Å². The maximum absolute atomic E-state index is 12.6. The molecule has 0 unspecified atom stereocenters. The zero-order chi connectivity index (χ0) is 21.2. The summed E-state index contributed by atoms with van der Waals surface area (Å²) < 4.78 is 9.82. The molecule has 0 radical (unpaired) electrons. The van der Waals surface area contributed by atoms with Gasteiger partial charge in [0.1, 0.15) is 5.60 Å². The third kappa shape index (κ3) is 9.90. The number of methoxy groups -OCH3 is 1. The quantitative estimate of drug-likeness (QED) is 0.513. The molecule has 0 aliphatic rings. The summed E-state index contributed by atoms with van der Waals surface area (Å²) in [4.78, 5) is 35.8. The van der Waals surface area contributed by atoms with Crippen molar-refractivity contribution >= 4 is 17.8 Å². The highest BCUT2D eigenvalue weighted by Crippen LogP contribution is 2.17. The molecule has 1 rings (SSSR count). The van der Waals surface area contributed by atoms with Crippen molar-refractivity contribution in [2.75, 3.05) is 7.11 Å². The van der Waals surface area contributed by atoms with Gasteiger partial charge >= 0.3 is 12.1 Å². The zero-order valence-corrected chi connectivity index (χ0v) is 17.4. The van der Waals surface area contributed by atoms with Crippen LogP contribution in [0.1, 0.15) is 46.1 Å². The molecule has 1 amide bonds. The average Bonchev–Trinajstić information content (AvgIpc) is 2.62. The van der Waals surface area contributed by atoms with Gasteiger partial charge in [-0.3, -0.25) is 4.79 Å². The Morgan fingerprint density at radius 3 is 2.36 bits per heavy atom. The summed E-state index contributed by atoms with van der Waals surface area (Å²) in [6, 6.07) is 9.25. The predicted octanol–water partition coefficient (Wildman–Crippen LogP) is 3.84. The monoisotopic (exact) mass is 389 g/mol. The van der Waals surface area contributed by atoms with Crippen molar-refractivity contribution in [2.45, 2.75) is 58.6 Å². The highest BCUT2D eigenvalue weighted by Gasteiger charge is 2.22. The third-order valence-electron chi connectivity index (χ3n) is 4.03. The molecular formula is C22H31NO5. The molecule has 6 heteroatoms. The van der Waals surface area contributed by atoms with Crippen LogP contribution in [0.15, 0.2) is 42.5 Å². The average molecular weight is 389 g/mol. The van der Waals surface area contributed by atoms with Gasteiger partial charge in [0.25, 0.3) is 0 Å². The summed E-state index contributed by atoms with van der Waals surface area (Å²) in [6.45, 7) is 6.91. The van der Waals surface area contributed by atoms with E-state index < -0.39 is 23.7 Å². The van der Waals surface area contributed by atoms with Gasteiger partial charge in [0.15, 0.2) is 5.78 Å². The smallest absolute Gasteiger partial charge is 0.408 e. The Labute approximate surface area is 167 Å². The summed E-state index contributed by atoms with van der Waals surface area (Å²) in [7, 11) is 1.31. The molecule has 0 saturated heterocycles. The maximum Gasteiger partial charge on any atom is 0.408 e. The van der Waals surface area contributed by atoms with Gasteiger partial charge in [-0.05, 0) is 52.0 Å². The molecule has 0 aromatic heterocycles. The van der Waals surface area contributed by atoms with Crippen molar-refractivity contribution in [3.63, 3.8) is 0 Å². The van der Waals surface area contributed by atoms with Crippen molar-refractivity contribution in [2.24, 2.45) is 5.92 Å². The molecule has 0 bridgehead atoms. The Kier molecular flexibility index (Phi) is 9.42. The second-order valence-electron chi connectivity index (χ2n) is 7.70. The number of ether oxygens (including phenoxy) is 2. The first-order valence-electron chi connectivity index (χ1n) is 9.43. The fourth-order valence-corrected chi connectivity index (χ4v) is 2.55. The highest BCUT2D eigenvalue weighted by molar-refractivity contribution is 5.87. The maximum atomic E-state index is 12.6. The lowest BCUT2D eigenvalue weighted by Crippen LogP contribution is -2.42. The van der Waals surface area contributed by atoms with Gasteiger partial charge in [-0.2, -0.15) is 0 Å². The van der Waals surface area contributed by atoms with Gasteiger partial charge in [0.05, 0.1) is 13.2 Å². The van der Waals surface area contributed by atoms with Crippen molar-refractivity contribution in [3.8, 4) is 0 Å². The second-order valence-corrected chi connectivity index (χ2v) is 7.70. The molecule has 6 nitrogen and oxygen atoms in total. The van der Waals surface area contributed by atoms with Gasteiger partial charge in [-0.1, -0.05) is 36.4 Å². The van der Waals surface area contributed by atoms with Crippen LogP contribution in [0, 0.1) is 5.92 Å². The summed E-state index contributed by atoms with van der Waals surface area (Å²) >= 11 is 0. The number of ketones is 1. The molecule has 1 N–H and O–H groups in total. The fraction of sp³-hybridized carbons (Fsp3) is 0.500. The lowest BCUT2D eigenvalue weighted by Gasteiger charge is -2.22. The number of amides is 1. The van der Waals surface area contributed by atoms with Gasteiger partial charge in [0, 0.05) is 12.5 Å². The van der Waals surface area contributed by atoms with E-state index in [9.17, 15) is 14.4 Å². The lowest BCUT2D eigenvalue weighted by molar-refractivity contribution is -0.135. The van der Waals surface area contributed by atoms with Gasteiger partial charge in [0.2, 0.25) is 0 Å². The van der Waals surface area contributed by atoms with Crippen LogP contribution >= 0.6 is 0 Å². The molecule has 28 heavy (non-hydrogen) atoms. The molecule has 0 heterocycles. The number of carbonyl (C=O) groups excluding carboxylic acids is 3. The van der Waals surface area contributed by atoms with Crippen LogP contribution in [0.5, 0.6) is 0 Å². The molecule has 0 aliphatic heterocycles. The van der Waals surface area contributed by atoms with E-state index >= 15 is 0 Å². The normalized spacial score (nSPS) is 13.6. The minimum Gasteiger partial charge on any atom is -0.466 e. The summed E-state index contributed by atoms with van der Waals surface area (Å²) in [6.07, 6.45) is 4.10. The molecule has 154 valence electrons. The first-order chi connectivity index (χ1) is 13.1. The standard InChI is InChI=1S/C22H31NO5/c1-16(23-21(26)28-22(2,3)4)19(24)15-18(13-14-20(25)27-5)12-11-17-9-7-6-8-10-17/h6-10,13-14,16,18H,11-12,15H2,1-5H3,(H,23,26)/b14-13+/t16-,18-/m0/s1. The minimum absolute atomic E-state index is 0.126. The Balaban J connectivity index is 2.69.